The van der Waals surface area contributed by atoms with Crippen LogP contribution in [-0.4, -0.2) is 56.9 Å². The molecule has 1 fully saturated rings. The van der Waals surface area contributed by atoms with E-state index >= 15 is 0 Å². The number of halogens is 1. The molecule has 1 saturated heterocycles. The van der Waals surface area contributed by atoms with E-state index in [0.29, 0.717) is 23.2 Å². The van der Waals surface area contributed by atoms with Crippen molar-refractivity contribution in [1.82, 2.24) is 19.5 Å². The average molecular weight is 387 g/mol. The Kier molecular flexibility index (Phi) is 5.57. The average Bonchev–Trinajstić information content (AvgIpc) is 3.12. The van der Waals surface area contributed by atoms with Crippen LogP contribution in [0.1, 0.15) is 24.6 Å². The summed E-state index contributed by atoms with van der Waals surface area (Å²) in [6, 6.07) is 13.1. The number of hydrogen-bond acceptors (Lipinski definition) is 5. The van der Waals surface area contributed by atoms with E-state index in [0.717, 1.165) is 37.4 Å². The fourth-order valence-corrected chi connectivity index (χ4v) is 3.77. The number of benzene rings is 1. The van der Waals surface area contributed by atoms with Crippen LogP contribution >= 0.6 is 11.6 Å². The first kappa shape index (κ1) is 18.2. The maximum Gasteiger partial charge on any atom is 0.160 e. The van der Waals surface area contributed by atoms with Crippen molar-refractivity contribution in [3.63, 3.8) is 0 Å². The second-order valence-corrected chi connectivity index (χ2v) is 7.44. The van der Waals surface area contributed by atoms with Crippen molar-refractivity contribution in [2.75, 3.05) is 26.2 Å². The molecular formula is C20H23ClN4O2. The van der Waals surface area contributed by atoms with Crippen molar-refractivity contribution < 1.29 is 9.84 Å². The van der Waals surface area contributed by atoms with Crippen LogP contribution in [0, 0.1) is 0 Å². The number of pyridine rings is 1. The lowest BCUT2D eigenvalue weighted by Crippen LogP contribution is -2.41. The van der Waals surface area contributed by atoms with Crippen molar-refractivity contribution in [1.29, 1.82) is 0 Å². The van der Waals surface area contributed by atoms with E-state index in [1.807, 2.05) is 36.5 Å². The van der Waals surface area contributed by atoms with Crippen molar-refractivity contribution >= 4 is 17.2 Å². The number of rotatable bonds is 6. The fraction of sp³-hybridized carbons (Fsp3) is 0.400. The maximum absolute atomic E-state index is 10.4. The lowest BCUT2D eigenvalue weighted by Gasteiger charge is -2.33. The van der Waals surface area contributed by atoms with Crippen molar-refractivity contribution in [3.05, 3.63) is 59.5 Å². The Morgan fingerprint density at radius 2 is 2.04 bits per heavy atom. The Morgan fingerprint density at radius 3 is 2.89 bits per heavy atom. The normalized spacial score (nSPS) is 19.3. The molecule has 2 aromatic heterocycles. The lowest BCUT2D eigenvalue weighted by atomic mass is 9.97. The molecule has 1 aliphatic rings. The van der Waals surface area contributed by atoms with Crippen LogP contribution in [0.3, 0.4) is 0 Å². The number of fused-ring (bicyclic) bond motifs is 1. The molecule has 1 aromatic carbocycles. The van der Waals surface area contributed by atoms with Gasteiger partial charge in [-0.3, -0.25) is 9.30 Å². The van der Waals surface area contributed by atoms with Crippen molar-refractivity contribution in [2.24, 2.45) is 0 Å². The molecule has 3 aromatic rings. The molecule has 27 heavy (non-hydrogen) atoms. The molecule has 2 atom stereocenters. The van der Waals surface area contributed by atoms with Crippen LogP contribution in [-0.2, 0) is 0 Å². The summed E-state index contributed by atoms with van der Waals surface area (Å²) in [5.74, 6) is 2.03. The van der Waals surface area contributed by atoms with Crippen LogP contribution in [0.4, 0.5) is 0 Å². The first-order chi connectivity index (χ1) is 13.2. The Morgan fingerprint density at radius 1 is 1.19 bits per heavy atom. The SMILES string of the molecule is OC(COc1ccc(Cl)cc1)CN1CCCC(c2nnc3ccccn23)C1. The van der Waals surface area contributed by atoms with Gasteiger partial charge in [0.15, 0.2) is 5.65 Å². The Balaban J connectivity index is 1.33. The number of piperidine rings is 1. The molecule has 0 amide bonds. The summed E-state index contributed by atoms with van der Waals surface area (Å²) in [7, 11) is 0. The zero-order valence-corrected chi connectivity index (χ0v) is 15.8. The molecular weight excluding hydrogens is 364 g/mol. The standard InChI is InChI=1S/C20H23ClN4O2/c21-16-6-8-18(9-7-16)27-14-17(26)13-24-10-3-4-15(12-24)20-23-22-19-5-1-2-11-25(19)20/h1-2,5-9,11,15,17,26H,3-4,10,12-14H2. The summed E-state index contributed by atoms with van der Waals surface area (Å²) in [4.78, 5) is 2.29. The number of aromatic nitrogens is 3. The molecule has 4 rings (SSSR count). The molecule has 3 heterocycles. The molecule has 1 N–H and O–H groups in total. The van der Waals surface area contributed by atoms with Crippen LogP contribution in [0.5, 0.6) is 5.75 Å². The van der Waals surface area contributed by atoms with E-state index in [2.05, 4.69) is 19.5 Å². The van der Waals surface area contributed by atoms with Gasteiger partial charge in [-0.05, 0) is 55.8 Å². The summed E-state index contributed by atoms with van der Waals surface area (Å²) >= 11 is 5.87. The van der Waals surface area contributed by atoms with Gasteiger partial charge in [-0.2, -0.15) is 0 Å². The van der Waals surface area contributed by atoms with Gasteiger partial charge in [0.25, 0.3) is 0 Å². The number of ether oxygens (including phenoxy) is 1. The third-order valence-electron chi connectivity index (χ3n) is 4.94. The topological polar surface area (TPSA) is 62.9 Å². The zero-order chi connectivity index (χ0) is 18.6. The van der Waals surface area contributed by atoms with Gasteiger partial charge in [0.2, 0.25) is 0 Å². The molecule has 2 unspecified atom stereocenters. The van der Waals surface area contributed by atoms with E-state index in [1.165, 1.54) is 0 Å². The molecule has 0 spiro atoms. The number of aliphatic hydroxyl groups excluding tert-OH is 1. The van der Waals surface area contributed by atoms with Crippen LogP contribution in [0.25, 0.3) is 5.65 Å². The highest BCUT2D eigenvalue weighted by Crippen LogP contribution is 2.26. The predicted octanol–water partition coefficient (Wildman–Crippen LogP) is 3.00. The van der Waals surface area contributed by atoms with Gasteiger partial charge >= 0.3 is 0 Å². The summed E-state index contributed by atoms with van der Waals surface area (Å²) < 4.78 is 7.72. The summed E-state index contributed by atoms with van der Waals surface area (Å²) in [5.41, 5.74) is 0.876. The van der Waals surface area contributed by atoms with E-state index in [1.54, 1.807) is 12.1 Å². The number of aliphatic hydroxyl groups is 1. The molecule has 6 nitrogen and oxygen atoms in total. The van der Waals surface area contributed by atoms with E-state index in [9.17, 15) is 5.11 Å². The van der Waals surface area contributed by atoms with Gasteiger partial charge in [0, 0.05) is 30.2 Å². The van der Waals surface area contributed by atoms with Gasteiger partial charge in [0.1, 0.15) is 24.3 Å². The predicted molar refractivity (Wildman–Crippen MR) is 104 cm³/mol. The van der Waals surface area contributed by atoms with Gasteiger partial charge in [-0.25, -0.2) is 0 Å². The van der Waals surface area contributed by atoms with Crippen molar-refractivity contribution in [3.8, 4) is 5.75 Å². The van der Waals surface area contributed by atoms with Crippen LogP contribution in [0.2, 0.25) is 5.02 Å². The second kappa shape index (κ2) is 8.25. The van der Waals surface area contributed by atoms with Gasteiger partial charge < -0.3 is 9.84 Å². The minimum absolute atomic E-state index is 0.261. The minimum Gasteiger partial charge on any atom is -0.491 e. The van der Waals surface area contributed by atoms with E-state index in [-0.39, 0.29) is 6.61 Å². The molecule has 0 bridgehead atoms. The largest absolute Gasteiger partial charge is 0.491 e. The Labute approximate surface area is 163 Å². The smallest absolute Gasteiger partial charge is 0.160 e. The second-order valence-electron chi connectivity index (χ2n) is 7.00. The molecule has 1 aliphatic heterocycles. The Bertz CT molecular complexity index is 883. The van der Waals surface area contributed by atoms with Gasteiger partial charge in [-0.1, -0.05) is 17.7 Å². The fourth-order valence-electron chi connectivity index (χ4n) is 3.64. The maximum atomic E-state index is 10.4. The monoisotopic (exact) mass is 386 g/mol. The highest BCUT2D eigenvalue weighted by Gasteiger charge is 2.26. The zero-order valence-electron chi connectivity index (χ0n) is 15.0. The summed E-state index contributed by atoms with van der Waals surface area (Å²) in [5, 5.41) is 19.7. The molecule has 142 valence electrons. The van der Waals surface area contributed by atoms with Gasteiger partial charge in [-0.15, -0.1) is 10.2 Å². The Hall–Kier alpha value is -2.15. The van der Waals surface area contributed by atoms with Crippen molar-refractivity contribution in [2.45, 2.75) is 24.9 Å². The lowest BCUT2D eigenvalue weighted by molar-refractivity contribution is 0.0577. The number of hydrogen-bond donors (Lipinski definition) is 1. The van der Waals surface area contributed by atoms with E-state index < -0.39 is 6.10 Å². The number of β-amino-alcohol motifs (C(OH)–C–C–N with tert-alkyl or cyclic N) is 1. The van der Waals surface area contributed by atoms with Crippen LogP contribution < -0.4 is 4.74 Å². The van der Waals surface area contributed by atoms with Crippen LogP contribution in [0.15, 0.2) is 48.7 Å². The highest BCUT2D eigenvalue weighted by molar-refractivity contribution is 6.30. The number of nitrogens with zero attached hydrogens (tertiary/aromatic N) is 4. The number of likely N-dealkylation sites (tertiary alicyclic amines) is 1. The quantitative estimate of drug-likeness (QED) is 0.705. The van der Waals surface area contributed by atoms with Gasteiger partial charge in [0.05, 0.1) is 0 Å². The van der Waals surface area contributed by atoms with E-state index in [4.69, 9.17) is 16.3 Å². The highest BCUT2D eigenvalue weighted by atomic mass is 35.5. The molecule has 0 aliphatic carbocycles. The third kappa shape index (κ3) is 4.40. The molecule has 0 saturated carbocycles. The first-order valence-electron chi connectivity index (χ1n) is 9.27. The molecule has 7 heteroatoms. The minimum atomic E-state index is -0.547. The first-order valence-corrected chi connectivity index (χ1v) is 9.65. The summed E-state index contributed by atoms with van der Waals surface area (Å²) in [6.07, 6.45) is 3.63. The molecule has 0 radical (unpaired) electrons. The summed E-state index contributed by atoms with van der Waals surface area (Å²) in [6.45, 7) is 2.69. The third-order valence-corrected chi connectivity index (χ3v) is 5.19.